The van der Waals surface area contributed by atoms with Gasteiger partial charge in [-0.15, -0.1) is 0 Å². The summed E-state index contributed by atoms with van der Waals surface area (Å²) in [5.74, 6) is -0.459. The van der Waals surface area contributed by atoms with Gasteiger partial charge in [0.1, 0.15) is 12.4 Å². The summed E-state index contributed by atoms with van der Waals surface area (Å²) >= 11 is 0. The maximum absolute atomic E-state index is 10.9. The molecule has 0 aliphatic rings. The lowest BCUT2D eigenvalue weighted by Crippen LogP contribution is -2.05. The minimum Gasteiger partial charge on any atom is -0.489 e. The van der Waals surface area contributed by atoms with Crippen molar-refractivity contribution in [2.75, 3.05) is 0 Å². The highest BCUT2D eigenvalue weighted by molar-refractivity contribution is 5.88. The monoisotopic (exact) mass is 257 g/mol. The Morgan fingerprint density at radius 1 is 1.16 bits per heavy atom. The Morgan fingerprint density at radius 3 is 2.53 bits per heavy atom. The molecule has 0 unspecified atom stereocenters. The molecule has 3 N–H and O–H groups in total. The fraction of sp³-hybridized carbons (Fsp3) is 0.133. The summed E-state index contributed by atoms with van der Waals surface area (Å²) in [5, 5.41) is 8.97. The molecule has 98 valence electrons. The van der Waals surface area contributed by atoms with Crippen molar-refractivity contribution in [1.82, 2.24) is 0 Å². The number of rotatable bonds is 5. The molecule has 0 bridgehead atoms. The van der Waals surface area contributed by atoms with Gasteiger partial charge in [0.15, 0.2) is 0 Å². The lowest BCUT2D eigenvalue weighted by Gasteiger charge is -2.11. The van der Waals surface area contributed by atoms with Gasteiger partial charge in [0.2, 0.25) is 0 Å². The van der Waals surface area contributed by atoms with Crippen LogP contribution in [0.25, 0.3) is 0 Å². The first-order valence-electron chi connectivity index (χ1n) is 5.93. The van der Waals surface area contributed by atoms with Crippen LogP contribution in [0.15, 0.2) is 48.5 Å². The van der Waals surface area contributed by atoms with Crippen LogP contribution in [0.1, 0.15) is 21.5 Å². The van der Waals surface area contributed by atoms with Crippen LogP contribution in [0.2, 0.25) is 0 Å². The van der Waals surface area contributed by atoms with Crippen molar-refractivity contribution in [2.24, 2.45) is 5.73 Å². The van der Waals surface area contributed by atoms with Crippen molar-refractivity contribution >= 4 is 5.97 Å². The SMILES string of the molecule is NCc1ccc(C(=O)O)cc1OCc1ccccc1. The topological polar surface area (TPSA) is 72.6 Å². The predicted molar refractivity (Wildman–Crippen MR) is 72.1 cm³/mol. The Morgan fingerprint density at radius 2 is 1.89 bits per heavy atom. The minimum atomic E-state index is -0.979. The second-order valence-electron chi connectivity index (χ2n) is 4.11. The van der Waals surface area contributed by atoms with Crippen LogP contribution < -0.4 is 10.5 Å². The van der Waals surface area contributed by atoms with Crippen molar-refractivity contribution in [1.29, 1.82) is 0 Å². The van der Waals surface area contributed by atoms with E-state index in [1.54, 1.807) is 6.07 Å². The third-order valence-electron chi connectivity index (χ3n) is 2.77. The summed E-state index contributed by atoms with van der Waals surface area (Å²) < 4.78 is 5.66. The summed E-state index contributed by atoms with van der Waals surface area (Å²) in [6, 6.07) is 14.4. The lowest BCUT2D eigenvalue weighted by atomic mass is 10.1. The van der Waals surface area contributed by atoms with Crippen LogP contribution in [-0.4, -0.2) is 11.1 Å². The van der Waals surface area contributed by atoms with E-state index >= 15 is 0 Å². The Hall–Kier alpha value is -2.33. The Bertz CT molecular complexity index is 567. The van der Waals surface area contributed by atoms with E-state index in [2.05, 4.69) is 0 Å². The molecule has 4 nitrogen and oxygen atoms in total. The molecule has 19 heavy (non-hydrogen) atoms. The van der Waals surface area contributed by atoms with Crippen LogP contribution in [0.3, 0.4) is 0 Å². The Labute approximate surface area is 111 Å². The van der Waals surface area contributed by atoms with Gasteiger partial charge >= 0.3 is 5.97 Å². The Kier molecular flexibility index (Phi) is 4.15. The summed E-state index contributed by atoms with van der Waals surface area (Å²) in [6.45, 7) is 0.695. The van der Waals surface area contributed by atoms with E-state index in [1.165, 1.54) is 12.1 Å². The van der Waals surface area contributed by atoms with Gasteiger partial charge in [-0.25, -0.2) is 4.79 Å². The molecule has 0 aliphatic heterocycles. The van der Waals surface area contributed by atoms with E-state index in [4.69, 9.17) is 15.6 Å². The Balaban J connectivity index is 2.18. The van der Waals surface area contributed by atoms with E-state index in [0.29, 0.717) is 18.9 Å². The van der Waals surface area contributed by atoms with Crippen LogP contribution in [-0.2, 0) is 13.2 Å². The summed E-state index contributed by atoms with van der Waals surface area (Å²) in [7, 11) is 0. The minimum absolute atomic E-state index is 0.195. The molecular weight excluding hydrogens is 242 g/mol. The third kappa shape index (κ3) is 3.33. The van der Waals surface area contributed by atoms with Crippen molar-refractivity contribution in [3.8, 4) is 5.75 Å². The van der Waals surface area contributed by atoms with E-state index in [9.17, 15) is 4.79 Å². The van der Waals surface area contributed by atoms with Crippen LogP contribution in [0.4, 0.5) is 0 Å². The van der Waals surface area contributed by atoms with E-state index < -0.39 is 5.97 Å². The number of carboxylic acids is 1. The standard InChI is InChI=1S/C15H15NO3/c16-9-13-7-6-12(15(17)18)8-14(13)19-10-11-4-2-1-3-5-11/h1-8H,9-10,16H2,(H,17,18). The maximum atomic E-state index is 10.9. The zero-order chi connectivity index (χ0) is 13.7. The van der Waals surface area contributed by atoms with Gasteiger partial charge in [-0.3, -0.25) is 0 Å². The van der Waals surface area contributed by atoms with Gasteiger partial charge in [0.25, 0.3) is 0 Å². The zero-order valence-corrected chi connectivity index (χ0v) is 10.4. The molecule has 0 fully saturated rings. The number of hydrogen-bond acceptors (Lipinski definition) is 3. The molecule has 4 heteroatoms. The molecule has 2 aromatic carbocycles. The summed E-state index contributed by atoms with van der Waals surface area (Å²) in [6.07, 6.45) is 0. The number of nitrogens with two attached hydrogens (primary N) is 1. The van der Waals surface area contributed by atoms with Crippen molar-refractivity contribution in [3.63, 3.8) is 0 Å². The molecule has 0 saturated carbocycles. The van der Waals surface area contributed by atoms with E-state index in [0.717, 1.165) is 11.1 Å². The van der Waals surface area contributed by atoms with Gasteiger partial charge in [-0.05, 0) is 17.7 Å². The highest BCUT2D eigenvalue weighted by Gasteiger charge is 2.08. The molecule has 0 amide bonds. The van der Waals surface area contributed by atoms with Crippen molar-refractivity contribution < 1.29 is 14.6 Å². The fourth-order valence-corrected chi connectivity index (χ4v) is 1.73. The molecule has 2 aromatic rings. The molecule has 0 radical (unpaired) electrons. The number of benzene rings is 2. The molecule has 0 atom stereocenters. The van der Waals surface area contributed by atoms with Crippen LogP contribution in [0, 0.1) is 0 Å². The normalized spacial score (nSPS) is 10.2. The smallest absolute Gasteiger partial charge is 0.335 e. The average Bonchev–Trinajstić information content (AvgIpc) is 2.45. The number of carbonyl (C=O) groups is 1. The summed E-state index contributed by atoms with van der Waals surface area (Å²) in [5.41, 5.74) is 7.63. The molecule has 0 saturated heterocycles. The third-order valence-corrected chi connectivity index (χ3v) is 2.77. The van der Waals surface area contributed by atoms with Gasteiger partial charge in [-0.2, -0.15) is 0 Å². The second kappa shape index (κ2) is 6.02. The van der Waals surface area contributed by atoms with Crippen LogP contribution in [0.5, 0.6) is 5.75 Å². The maximum Gasteiger partial charge on any atom is 0.335 e. The van der Waals surface area contributed by atoms with Crippen molar-refractivity contribution in [2.45, 2.75) is 13.2 Å². The number of aromatic carboxylic acids is 1. The van der Waals surface area contributed by atoms with E-state index in [-0.39, 0.29) is 5.56 Å². The highest BCUT2D eigenvalue weighted by Crippen LogP contribution is 2.21. The lowest BCUT2D eigenvalue weighted by molar-refractivity contribution is 0.0696. The van der Waals surface area contributed by atoms with Gasteiger partial charge in [0.05, 0.1) is 5.56 Å². The van der Waals surface area contributed by atoms with Gasteiger partial charge in [-0.1, -0.05) is 36.4 Å². The first-order chi connectivity index (χ1) is 9.20. The molecule has 0 spiro atoms. The molecule has 0 aliphatic carbocycles. The quantitative estimate of drug-likeness (QED) is 0.862. The second-order valence-corrected chi connectivity index (χ2v) is 4.11. The molecule has 0 heterocycles. The largest absolute Gasteiger partial charge is 0.489 e. The first-order valence-corrected chi connectivity index (χ1v) is 5.93. The molecule has 2 rings (SSSR count). The van der Waals surface area contributed by atoms with E-state index in [1.807, 2.05) is 30.3 Å². The molecular formula is C15H15NO3. The fourth-order valence-electron chi connectivity index (χ4n) is 1.73. The summed E-state index contributed by atoms with van der Waals surface area (Å²) in [4.78, 5) is 10.9. The van der Waals surface area contributed by atoms with Crippen molar-refractivity contribution in [3.05, 3.63) is 65.2 Å². The number of carboxylic acid groups (broad SMARTS) is 1. The highest BCUT2D eigenvalue weighted by atomic mass is 16.5. The zero-order valence-electron chi connectivity index (χ0n) is 10.4. The predicted octanol–water partition coefficient (Wildman–Crippen LogP) is 2.42. The van der Waals surface area contributed by atoms with Crippen LogP contribution >= 0.6 is 0 Å². The van der Waals surface area contributed by atoms with Gasteiger partial charge in [0, 0.05) is 12.1 Å². The average molecular weight is 257 g/mol. The first kappa shape index (κ1) is 13.1. The van der Waals surface area contributed by atoms with Gasteiger partial charge < -0.3 is 15.6 Å². The number of hydrogen-bond donors (Lipinski definition) is 2. The molecule has 0 aromatic heterocycles. The number of ether oxygens (including phenoxy) is 1.